The third-order valence-corrected chi connectivity index (χ3v) is 7.31. The molecule has 2 atom stereocenters. The largest absolute Gasteiger partial charge is 0.365 e. The van der Waals surface area contributed by atoms with E-state index in [4.69, 9.17) is 0 Å². The number of nitro groups is 1. The van der Waals surface area contributed by atoms with Crippen molar-refractivity contribution >= 4 is 17.3 Å². The number of carbonyl (C=O) groups excluding carboxylic acids is 1. The van der Waals surface area contributed by atoms with Crippen LogP contribution in [-0.2, 0) is 17.8 Å². The third-order valence-electron chi connectivity index (χ3n) is 7.31. The van der Waals surface area contributed by atoms with Gasteiger partial charge in [0.25, 0.3) is 5.69 Å². The molecule has 2 fully saturated rings. The molecule has 0 spiro atoms. The van der Waals surface area contributed by atoms with Gasteiger partial charge in [-0.2, -0.15) is 0 Å². The van der Waals surface area contributed by atoms with Crippen molar-refractivity contribution in [2.24, 2.45) is 5.92 Å². The predicted molar refractivity (Wildman–Crippen MR) is 121 cm³/mol. The Morgan fingerprint density at radius 2 is 2.06 bits per heavy atom. The first-order valence-corrected chi connectivity index (χ1v) is 11.5. The Morgan fingerprint density at radius 1 is 1.22 bits per heavy atom. The van der Waals surface area contributed by atoms with E-state index in [1.165, 1.54) is 25.7 Å². The molecular weight excluding hydrogens is 406 g/mol. The highest BCUT2D eigenvalue weighted by molar-refractivity contribution is 5.82. The number of nitrogens with zero attached hydrogens (tertiary/aromatic N) is 4. The number of piperazine rings is 1. The van der Waals surface area contributed by atoms with Crippen molar-refractivity contribution in [3.8, 4) is 0 Å². The molecule has 32 heavy (non-hydrogen) atoms. The van der Waals surface area contributed by atoms with Crippen molar-refractivity contribution in [2.75, 3.05) is 24.5 Å². The minimum Gasteiger partial charge on any atom is -0.365 e. The minimum absolute atomic E-state index is 0.00859. The number of anilines is 1. The van der Waals surface area contributed by atoms with E-state index in [2.05, 4.69) is 20.1 Å². The van der Waals surface area contributed by atoms with Crippen LogP contribution in [0.15, 0.2) is 42.7 Å². The van der Waals surface area contributed by atoms with Crippen LogP contribution in [-0.4, -0.2) is 52.4 Å². The van der Waals surface area contributed by atoms with E-state index in [-0.39, 0.29) is 28.5 Å². The van der Waals surface area contributed by atoms with Crippen molar-refractivity contribution in [3.05, 3.63) is 64.0 Å². The molecule has 2 aliphatic heterocycles. The number of nitrogens with one attached hydrogen (secondary N) is 1. The first kappa shape index (κ1) is 20.9. The number of nitro benzene ring substituents is 1. The lowest BCUT2D eigenvalue weighted by atomic mass is 9.82. The molecule has 0 radical (unpaired) electrons. The lowest BCUT2D eigenvalue weighted by Gasteiger charge is -2.50. The van der Waals surface area contributed by atoms with E-state index in [1.54, 1.807) is 24.5 Å². The Hall–Kier alpha value is -3.00. The number of pyridine rings is 1. The van der Waals surface area contributed by atoms with E-state index in [0.717, 1.165) is 36.4 Å². The Kier molecular flexibility index (Phi) is 5.78. The van der Waals surface area contributed by atoms with Gasteiger partial charge in [-0.15, -0.1) is 0 Å². The second-order valence-electron chi connectivity index (χ2n) is 9.15. The normalized spacial score (nSPS) is 23.4. The molecule has 1 amide bonds. The minimum atomic E-state index is -0.359. The van der Waals surface area contributed by atoms with Gasteiger partial charge in [-0.25, -0.2) is 0 Å². The number of amides is 1. The number of fused-ring (bicyclic) bond motifs is 3. The van der Waals surface area contributed by atoms with Crippen LogP contribution < -0.4 is 10.2 Å². The maximum atomic E-state index is 13.4. The smallest absolute Gasteiger partial charge is 0.269 e. The molecular formula is C24H29N5O3. The molecule has 1 aromatic heterocycles. The SMILES string of the molecule is O=C(NCc1cccnc1)[C@H]1Cc2cc([N+](=O)[O-])ccc2N2CCN(C3CCCC3)C[C@@H]12. The number of hydrogen-bond donors (Lipinski definition) is 1. The molecule has 5 rings (SSSR count). The molecule has 3 heterocycles. The second-order valence-corrected chi connectivity index (χ2v) is 9.15. The highest BCUT2D eigenvalue weighted by Gasteiger charge is 2.43. The van der Waals surface area contributed by atoms with E-state index in [9.17, 15) is 14.9 Å². The fourth-order valence-corrected chi connectivity index (χ4v) is 5.67. The Balaban J connectivity index is 1.40. The Bertz CT molecular complexity index is 992. The van der Waals surface area contributed by atoms with Gasteiger partial charge in [-0.3, -0.25) is 24.8 Å². The molecule has 1 aliphatic carbocycles. The van der Waals surface area contributed by atoms with Gasteiger partial charge in [0.2, 0.25) is 5.91 Å². The van der Waals surface area contributed by atoms with Crippen molar-refractivity contribution in [2.45, 2.75) is 50.7 Å². The van der Waals surface area contributed by atoms with Crippen LogP contribution in [0.3, 0.4) is 0 Å². The second kappa shape index (κ2) is 8.86. The van der Waals surface area contributed by atoms with E-state index in [1.807, 2.05) is 18.2 Å². The van der Waals surface area contributed by atoms with Crippen LogP contribution in [0, 0.1) is 16.0 Å². The lowest BCUT2D eigenvalue weighted by Crippen LogP contribution is -2.62. The first-order valence-electron chi connectivity index (χ1n) is 11.5. The van der Waals surface area contributed by atoms with Crippen LogP contribution >= 0.6 is 0 Å². The number of rotatable bonds is 5. The van der Waals surface area contributed by atoms with Crippen molar-refractivity contribution in [3.63, 3.8) is 0 Å². The Morgan fingerprint density at radius 3 is 2.81 bits per heavy atom. The van der Waals surface area contributed by atoms with Gasteiger partial charge < -0.3 is 10.2 Å². The van der Waals surface area contributed by atoms with Gasteiger partial charge >= 0.3 is 0 Å². The average Bonchev–Trinajstić information content (AvgIpc) is 3.37. The fourth-order valence-electron chi connectivity index (χ4n) is 5.67. The van der Waals surface area contributed by atoms with Gasteiger partial charge in [0.15, 0.2) is 0 Å². The number of carbonyl (C=O) groups is 1. The summed E-state index contributed by atoms with van der Waals surface area (Å²) in [5, 5.41) is 14.4. The van der Waals surface area contributed by atoms with Crippen LogP contribution in [0.2, 0.25) is 0 Å². The lowest BCUT2D eigenvalue weighted by molar-refractivity contribution is -0.384. The van der Waals surface area contributed by atoms with Gasteiger partial charge in [0.05, 0.1) is 16.9 Å². The zero-order valence-electron chi connectivity index (χ0n) is 18.2. The highest BCUT2D eigenvalue weighted by Crippen LogP contribution is 2.39. The molecule has 8 heteroatoms. The van der Waals surface area contributed by atoms with Crippen LogP contribution in [0.1, 0.15) is 36.8 Å². The predicted octanol–water partition coefficient (Wildman–Crippen LogP) is 2.91. The maximum absolute atomic E-state index is 13.4. The first-order chi connectivity index (χ1) is 15.6. The zero-order valence-corrected chi connectivity index (χ0v) is 18.2. The van der Waals surface area contributed by atoms with Crippen molar-refractivity contribution in [1.29, 1.82) is 0 Å². The van der Waals surface area contributed by atoms with Crippen LogP contribution in [0.25, 0.3) is 0 Å². The molecule has 168 valence electrons. The van der Waals surface area contributed by atoms with Crippen molar-refractivity contribution < 1.29 is 9.72 Å². The summed E-state index contributed by atoms with van der Waals surface area (Å²) < 4.78 is 0. The Labute approximate surface area is 187 Å². The van der Waals surface area contributed by atoms with Gasteiger partial charge in [0, 0.05) is 62.4 Å². The molecule has 2 aromatic rings. The summed E-state index contributed by atoms with van der Waals surface area (Å²) >= 11 is 0. The number of aromatic nitrogens is 1. The summed E-state index contributed by atoms with van der Waals surface area (Å²) in [6.45, 7) is 3.12. The topological polar surface area (TPSA) is 91.6 Å². The standard InChI is InChI=1S/C24H29N5O3/c30-24(26-15-17-4-3-9-25-14-17)21-13-18-12-20(29(31)32)7-8-22(18)28-11-10-27(16-23(21)28)19-5-1-2-6-19/h3-4,7-9,12,14,19,21,23H,1-2,5-6,10-11,13,15-16H2,(H,26,30)/t21-,23-/m0/s1. The summed E-state index contributed by atoms with van der Waals surface area (Å²) in [5.41, 5.74) is 2.98. The quantitative estimate of drug-likeness (QED) is 0.574. The molecule has 0 unspecified atom stereocenters. The van der Waals surface area contributed by atoms with E-state index < -0.39 is 0 Å². The summed E-state index contributed by atoms with van der Waals surface area (Å²) in [6.07, 6.45) is 9.06. The van der Waals surface area contributed by atoms with E-state index in [0.29, 0.717) is 19.0 Å². The summed E-state index contributed by atoms with van der Waals surface area (Å²) in [6, 6.07) is 9.61. The summed E-state index contributed by atoms with van der Waals surface area (Å²) in [4.78, 5) is 33.4. The average molecular weight is 436 g/mol. The molecule has 1 saturated heterocycles. The van der Waals surface area contributed by atoms with Crippen LogP contribution in [0.5, 0.6) is 0 Å². The van der Waals surface area contributed by atoms with Gasteiger partial charge in [-0.05, 0) is 42.5 Å². The van der Waals surface area contributed by atoms with Gasteiger partial charge in [0.1, 0.15) is 0 Å². The van der Waals surface area contributed by atoms with Crippen LogP contribution in [0.4, 0.5) is 11.4 Å². The molecule has 8 nitrogen and oxygen atoms in total. The monoisotopic (exact) mass is 435 g/mol. The molecule has 1 N–H and O–H groups in total. The maximum Gasteiger partial charge on any atom is 0.269 e. The van der Waals surface area contributed by atoms with E-state index >= 15 is 0 Å². The fraction of sp³-hybridized carbons (Fsp3) is 0.500. The molecule has 0 bridgehead atoms. The highest BCUT2D eigenvalue weighted by atomic mass is 16.6. The number of hydrogen-bond acceptors (Lipinski definition) is 6. The van der Waals surface area contributed by atoms with Gasteiger partial charge in [-0.1, -0.05) is 18.9 Å². The third kappa shape index (κ3) is 4.07. The summed E-state index contributed by atoms with van der Waals surface area (Å²) in [5.74, 6) is -0.236. The number of non-ortho nitro benzene ring substituents is 1. The summed E-state index contributed by atoms with van der Waals surface area (Å²) in [7, 11) is 0. The van der Waals surface area contributed by atoms with Crippen molar-refractivity contribution in [1.82, 2.24) is 15.2 Å². The molecule has 1 saturated carbocycles. The zero-order chi connectivity index (χ0) is 22.1. The number of benzene rings is 1. The molecule has 3 aliphatic rings. The molecule has 1 aromatic carbocycles.